The summed E-state index contributed by atoms with van der Waals surface area (Å²) in [6, 6.07) is 18.2. The molecule has 0 radical (unpaired) electrons. The van der Waals surface area contributed by atoms with Gasteiger partial charge >= 0.3 is 6.03 Å². The quantitative estimate of drug-likeness (QED) is 0.602. The largest absolute Gasteiger partial charge is 0.339 e. The highest BCUT2D eigenvalue weighted by Crippen LogP contribution is 2.15. The van der Waals surface area contributed by atoms with Gasteiger partial charge < -0.3 is 15.1 Å². The van der Waals surface area contributed by atoms with Crippen molar-refractivity contribution in [1.82, 2.24) is 15.1 Å². The molecule has 1 aliphatic rings. The average Bonchev–Trinajstić information content (AvgIpc) is 2.73. The van der Waals surface area contributed by atoms with Crippen LogP contribution < -0.4 is 5.32 Å². The molecule has 0 atom stereocenters. The molecule has 1 N–H and O–H groups in total. The molecule has 6 heteroatoms. The smallest absolute Gasteiger partial charge is 0.317 e. The number of carbonyl (C=O) groups is 2. The van der Waals surface area contributed by atoms with E-state index in [4.69, 9.17) is 0 Å². The molecule has 0 saturated carbocycles. The minimum atomic E-state index is -0.0423. The zero-order chi connectivity index (χ0) is 19.8. The Labute approximate surface area is 171 Å². The third-order valence-corrected chi connectivity index (χ3v) is 5.80. The lowest BCUT2D eigenvalue weighted by atomic mass is 10.1. The number of carbonyl (C=O) groups excluding carboxylic acids is 2. The van der Waals surface area contributed by atoms with Crippen LogP contribution in [0.25, 0.3) is 0 Å². The Hall–Kier alpha value is -2.47. The van der Waals surface area contributed by atoms with Gasteiger partial charge in [-0.1, -0.05) is 48.0 Å². The van der Waals surface area contributed by atoms with Gasteiger partial charge in [0.1, 0.15) is 0 Å². The molecule has 2 aromatic rings. The molecule has 0 bridgehead atoms. The van der Waals surface area contributed by atoms with Crippen LogP contribution in [0.1, 0.15) is 11.1 Å². The van der Waals surface area contributed by atoms with E-state index < -0.39 is 0 Å². The van der Waals surface area contributed by atoms with E-state index in [1.54, 1.807) is 16.7 Å². The van der Waals surface area contributed by atoms with Crippen LogP contribution in [0.5, 0.6) is 0 Å². The highest BCUT2D eigenvalue weighted by atomic mass is 32.2. The van der Waals surface area contributed by atoms with Gasteiger partial charge in [0.25, 0.3) is 0 Å². The molecule has 3 amide bonds. The number of urea groups is 1. The van der Waals surface area contributed by atoms with E-state index in [0.29, 0.717) is 39.1 Å². The molecular formula is C22H27N3O2S. The Kier molecular flexibility index (Phi) is 7.37. The summed E-state index contributed by atoms with van der Waals surface area (Å²) in [5.41, 5.74) is 2.23. The fourth-order valence-electron chi connectivity index (χ4n) is 3.11. The second kappa shape index (κ2) is 10.2. The zero-order valence-electron chi connectivity index (χ0n) is 16.3. The van der Waals surface area contributed by atoms with Crippen molar-refractivity contribution in [1.29, 1.82) is 0 Å². The molecule has 1 aliphatic heterocycles. The van der Waals surface area contributed by atoms with Gasteiger partial charge in [0.05, 0.1) is 6.42 Å². The number of piperazine rings is 1. The van der Waals surface area contributed by atoms with Crippen molar-refractivity contribution in [2.45, 2.75) is 18.2 Å². The van der Waals surface area contributed by atoms with E-state index in [-0.39, 0.29) is 11.9 Å². The highest BCUT2D eigenvalue weighted by molar-refractivity contribution is 7.99. The van der Waals surface area contributed by atoms with Crippen molar-refractivity contribution < 1.29 is 9.59 Å². The molecule has 148 valence electrons. The number of amides is 3. The Morgan fingerprint density at radius 2 is 1.57 bits per heavy atom. The Morgan fingerprint density at radius 3 is 2.25 bits per heavy atom. The monoisotopic (exact) mass is 397 g/mol. The van der Waals surface area contributed by atoms with Crippen LogP contribution in [0, 0.1) is 6.92 Å². The summed E-state index contributed by atoms with van der Waals surface area (Å²) in [4.78, 5) is 29.6. The van der Waals surface area contributed by atoms with Crippen molar-refractivity contribution in [3.63, 3.8) is 0 Å². The number of aryl methyl sites for hydroxylation is 1. The Bertz CT molecular complexity index is 772. The van der Waals surface area contributed by atoms with Gasteiger partial charge in [-0.15, -0.1) is 11.8 Å². The number of nitrogens with one attached hydrogen (secondary N) is 1. The van der Waals surface area contributed by atoms with Gasteiger partial charge in [0.2, 0.25) is 5.91 Å². The Balaban J connectivity index is 1.35. The lowest BCUT2D eigenvalue weighted by molar-refractivity contribution is -0.131. The molecule has 28 heavy (non-hydrogen) atoms. The van der Waals surface area contributed by atoms with Crippen LogP contribution in [0.2, 0.25) is 0 Å². The summed E-state index contributed by atoms with van der Waals surface area (Å²) < 4.78 is 0. The van der Waals surface area contributed by atoms with Crippen LogP contribution in [-0.4, -0.2) is 60.2 Å². The van der Waals surface area contributed by atoms with Gasteiger partial charge in [-0.05, 0) is 24.6 Å². The molecule has 5 nitrogen and oxygen atoms in total. The first-order chi connectivity index (χ1) is 13.6. The first-order valence-electron chi connectivity index (χ1n) is 9.66. The predicted molar refractivity (Wildman–Crippen MR) is 114 cm³/mol. The van der Waals surface area contributed by atoms with Crippen molar-refractivity contribution in [2.24, 2.45) is 0 Å². The molecule has 1 fully saturated rings. The van der Waals surface area contributed by atoms with Gasteiger partial charge in [-0.2, -0.15) is 0 Å². The molecule has 3 rings (SSSR count). The number of hydrogen-bond donors (Lipinski definition) is 1. The molecule has 2 aromatic carbocycles. The number of benzene rings is 2. The minimum absolute atomic E-state index is 0.0423. The Morgan fingerprint density at radius 1 is 0.929 bits per heavy atom. The maximum atomic E-state index is 12.5. The fraction of sp³-hybridized carbons (Fsp3) is 0.364. The molecule has 0 spiro atoms. The molecule has 1 heterocycles. The highest BCUT2D eigenvalue weighted by Gasteiger charge is 2.23. The lowest BCUT2D eigenvalue weighted by Crippen LogP contribution is -2.53. The standard InChI is InChI=1S/C22H27N3O2S/c1-18-7-9-19(10-8-18)17-21(26)24-12-14-25(15-13-24)22(27)23-11-16-28-20-5-3-2-4-6-20/h2-10H,11-17H2,1H3,(H,23,27). The average molecular weight is 398 g/mol. The van der Waals surface area contributed by atoms with Gasteiger partial charge in [-0.25, -0.2) is 4.79 Å². The summed E-state index contributed by atoms with van der Waals surface area (Å²) in [6.07, 6.45) is 0.420. The molecule has 1 saturated heterocycles. The van der Waals surface area contributed by atoms with Crippen LogP contribution >= 0.6 is 11.8 Å². The molecular weight excluding hydrogens is 370 g/mol. The number of rotatable bonds is 6. The SMILES string of the molecule is Cc1ccc(CC(=O)N2CCN(C(=O)NCCSc3ccccc3)CC2)cc1. The van der Waals surface area contributed by atoms with Crippen LogP contribution in [0.15, 0.2) is 59.5 Å². The van der Waals surface area contributed by atoms with E-state index in [1.807, 2.05) is 54.3 Å². The van der Waals surface area contributed by atoms with Crippen molar-refractivity contribution in [3.8, 4) is 0 Å². The van der Waals surface area contributed by atoms with E-state index in [2.05, 4.69) is 17.4 Å². The summed E-state index contributed by atoms with van der Waals surface area (Å²) in [5.74, 6) is 0.966. The van der Waals surface area contributed by atoms with Crippen LogP contribution in [0.3, 0.4) is 0 Å². The predicted octanol–water partition coefficient (Wildman–Crippen LogP) is 3.18. The normalized spacial score (nSPS) is 14.0. The third-order valence-electron chi connectivity index (χ3n) is 4.79. The first-order valence-corrected chi connectivity index (χ1v) is 10.6. The third kappa shape index (κ3) is 6.02. The van der Waals surface area contributed by atoms with Gasteiger partial charge in [0.15, 0.2) is 0 Å². The second-order valence-electron chi connectivity index (χ2n) is 6.92. The first kappa shape index (κ1) is 20.3. The zero-order valence-corrected chi connectivity index (χ0v) is 17.1. The fourth-order valence-corrected chi connectivity index (χ4v) is 3.90. The molecule has 0 aromatic heterocycles. The lowest BCUT2D eigenvalue weighted by Gasteiger charge is -2.34. The van der Waals surface area contributed by atoms with Crippen LogP contribution in [-0.2, 0) is 11.2 Å². The summed E-state index contributed by atoms with van der Waals surface area (Å²) in [7, 11) is 0. The van der Waals surface area contributed by atoms with E-state index in [0.717, 1.165) is 11.3 Å². The summed E-state index contributed by atoms with van der Waals surface area (Å²) in [5, 5.41) is 2.97. The van der Waals surface area contributed by atoms with Crippen LogP contribution in [0.4, 0.5) is 4.79 Å². The van der Waals surface area contributed by atoms with Gasteiger partial charge in [-0.3, -0.25) is 4.79 Å². The van der Waals surface area contributed by atoms with E-state index >= 15 is 0 Å². The number of thioether (sulfide) groups is 1. The number of hydrogen-bond acceptors (Lipinski definition) is 3. The number of nitrogens with zero attached hydrogens (tertiary/aromatic N) is 2. The summed E-state index contributed by atoms with van der Waals surface area (Å²) >= 11 is 1.73. The topological polar surface area (TPSA) is 52.7 Å². The maximum Gasteiger partial charge on any atom is 0.317 e. The minimum Gasteiger partial charge on any atom is -0.339 e. The van der Waals surface area contributed by atoms with Gasteiger partial charge in [0, 0.05) is 43.4 Å². The maximum absolute atomic E-state index is 12.5. The molecule has 0 unspecified atom stereocenters. The van der Waals surface area contributed by atoms with Crippen molar-refractivity contribution in [3.05, 3.63) is 65.7 Å². The second-order valence-corrected chi connectivity index (χ2v) is 8.09. The van der Waals surface area contributed by atoms with Crippen molar-refractivity contribution >= 4 is 23.7 Å². The molecule has 0 aliphatic carbocycles. The van der Waals surface area contributed by atoms with E-state index in [1.165, 1.54) is 10.5 Å². The van der Waals surface area contributed by atoms with E-state index in [9.17, 15) is 9.59 Å². The summed E-state index contributed by atoms with van der Waals surface area (Å²) in [6.45, 7) is 5.02. The van der Waals surface area contributed by atoms with Crippen molar-refractivity contribution in [2.75, 3.05) is 38.5 Å².